The van der Waals surface area contributed by atoms with Crippen LogP contribution in [0.3, 0.4) is 0 Å². The lowest BCUT2D eigenvalue weighted by molar-refractivity contribution is -0.115. The van der Waals surface area contributed by atoms with Crippen molar-refractivity contribution < 1.29 is 18.3 Å². The third-order valence-electron chi connectivity index (χ3n) is 3.47. The highest BCUT2D eigenvalue weighted by atomic mass is 32.2. The second-order valence-corrected chi connectivity index (χ2v) is 7.25. The third kappa shape index (κ3) is 6.05. The number of carbonyl (C=O) groups is 1. The normalized spacial score (nSPS) is 11.9. The molecule has 0 aliphatic rings. The van der Waals surface area contributed by atoms with Crippen molar-refractivity contribution in [3.8, 4) is 5.75 Å². The van der Waals surface area contributed by atoms with Crippen LogP contribution in [0.1, 0.15) is 18.1 Å². The van der Waals surface area contributed by atoms with Crippen LogP contribution in [0.2, 0.25) is 0 Å². The molecule has 134 valence electrons. The van der Waals surface area contributed by atoms with E-state index < -0.39 is 16.9 Å². The predicted molar refractivity (Wildman–Crippen MR) is 98.3 cm³/mol. The molecule has 1 atom stereocenters. The van der Waals surface area contributed by atoms with Crippen molar-refractivity contribution in [2.75, 3.05) is 17.7 Å². The average Bonchev–Trinajstić information content (AvgIpc) is 2.54. The molecular formula is C19H21F2NO2S. The molecule has 0 saturated heterocycles. The SMILES string of the molecule is Cc1cc(C)cc(OCCSC(C)C(=O)Nc2cc(F)ccc2F)c1. The molecule has 6 heteroatoms. The van der Waals surface area contributed by atoms with Crippen molar-refractivity contribution in [1.29, 1.82) is 0 Å². The molecule has 0 saturated carbocycles. The molecule has 1 unspecified atom stereocenters. The van der Waals surface area contributed by atoms with E-state index in [0.717, 1.165) is 35.1 Å². The number of nitrogens with one attached hydrogen (secondary N) is 1. The van der Waals surface area contributed by atoms with Gasteiger partial charge in [-0.2, -0.15) is 0 Å². The van der Waals surface area contributed by atoms with Crippen LogP contribution in [0.5, 0.6) is 5.75 Å². The maximum Gasteiger partial charge on any atom is 0.237 e. The summed E-state index contributed by atoms with van der Waals surface area (Å²) in [5.74, 6) is -0.227. The predicted octanol–water partition coefficient (Wildman–Crippen LogP) is 4.72. The topological polar surface area (TPSA) is 38.3 Å². The van der Waals surface area contributed by atoms with Crippen molar-refractivity contribution in [2.24, 2.45) is 0 Å². The summed E-state index contributed by atoms with van der Waals surface area (Å²) in [5, 5.41) is 2.00. The van der Waals surface area contributed by atoms with Gasteiger partial charge in [0.15, 0.2) is 0 Å². The minimum Gasteiger partial charge on any atom is -0.493 e. The molecule has 25 heavy (non-hydrogen) atoms. The maximum absolute atomic E-state index is 13.5. The molecule has 0 heterocycles. The lowest BCUT2D eigenvalue weighted by Gasteiger charge is -2.13. The van der Waals surface area contributed by atoms with E-state index in [9.17, 15) is 13.6 Å². The summed E-state index contributed by atoms with van der Waals surface area (Å²) in [6.07, 6.45) is 0. The van der Waals surface area contributed by atoms with Gasteiger partial charge in [0.2, 0.25) is 5.91 Å². The van der Waals surface area contributed by atoms with Gasteiger partial charge in [-0.1, -0.05) is 6.07 Å². The number of thioether (sulfide) groups is 1. The number of rotatable bonds is 7. The van der Waals surface area contributed by atoms with Crippen molar-refractivity contribution in [3.05, 3.63) is 59.2 Å². The molecule has 0 aliphatic carbocycles. The number of benzene rings is 2. The summed E-state index contributed by atoms with van der Waals surface area (Å²) in [6, 6.07) is 8.95. The number of carbonyl (C=O) groups excluding carboxylic acids is 1. The molecule has 2 aromatic carbocycles. The summed E-state index contributed by atoms with van der Waals surface area (Å²) in [5.41, 5.74) is 2.11. The van der Waals surface area contributed by atoms with Gasteiger partial charge in [0.1, 0.15) is 17.4 Å². The maximum atomic E-state index is 13.5. The zero-order chi connectivity index (χ0) is 18.4. The highest BCUT2D eigenvalue weighted by Gasteiger charge is 2.15. The number of halogens is 2. The molecule has 1 N–H and O–H groups in total. The van der Waals surface area contributed by atoms with Crippen LogP contribution >= 0.6 is 11.8 Å². The first-order chi connectivity index (χ1) is 11.8. The zero-order valence-corrected chi connectivity index (χ0v) is 15.3. The van der Waals surface area contributed by atoms with Gasteiger partial charge in [-0.25, -0.2) is 8.78 Å². The van der Waals surface area contributed by atoms with E-state index in [4.69, 9.17) is 4.74 Å². The molecular weight excluding hydrogens is 344 g/mol. The number of amides is 1. The van der Waals surface area contributed by atoms with Crippen molar-refractivity contribution in [1.82, 2.24) is 0 Å². The van der Waals surface area contributed by atoms with Gasteiger partial charge in [0.05, 0.1) is 17.5 Å². The summed E-state index contributed by atoms with van der Waals surface area (Å²) < 4.78 is 32.4. The molecule has 3 nitrogen and oxygen atoms in total. The van der Waals surface area contributed by atoms with Crippen LogP contribution in [-0.4, -0.2) is 23.5 Å². The Hall–Kier alpha value is -2.08. The summed E-state index contributed by atoms with van der Waals surface area (Å²) in [4.78, 5) is 12.1. The van der Waals surface area contributed by atoms with Crippen molar-refractivity contribution >= 4 is 23.4 Å². The Morgan fingerprint density at radius 1 is 1.16 bits per heavy atom. The highest BCUT2D eigenvalue weighted by molar-refractivity contribution is 8.00. The number of hydrogen-bond acceptors (Lipinski definition) is 3. The van der Waals surface area contributed by atoms with E-state index in [1.807, 2.05) is 26.0 Å². The number of anilines is 1. The fourth-order valence-corrected chi connectivity index (χ4v) is 3.05. The van der Waals surface area contributed by atoms with Crippen LogP contribution in [0.25, 0.3) is 0 Å². The largest absolute Gasteiger partial charge is 0.493 e. The Labute approximate surface area is 150 Å². The summed E-state index contributed by atoms with van der Waals surface area (Å²) >= 11 is 1.39. The summed E-state index contributed by atoms with van der Waals surface area (Å²) in [6.45, 7) is 6.19. The van der Waals surface area contributed by atoms with Gasteiger partial charge in [-0.05, 0) is 56.2 Å². The minimum absolute atomic E-state index is 0.149. The Balaban J connectivity index is 1.78. The molecule has 2 rings (SSSR count). The lowest BCUT2D eigenvalue weighted by Crippen LogP contribution is -2.24. The van der Waals surface area contributed by atoms with E-state index >= 15 is 0 Å². The molecule has 0 fully saturated rings. The van der Waals surface area contributed by atoms with Crippen LogP contribution in [0.15, 0.2) is 36.4 Å². The Morgan fingerprint density at radius 2 is 1.84 bits per heavy atom. The van der Waals surface area contributed by atoms with Gasteiger partial charge in [0, 0.05) is 11.8 Å². The van der Waals surface area contributed by atoms with Crippen LogP contribution in [-0.2, 0) is 4.79 Å². The van der Waals surface area contributed by atoms with Gasteiger partial charge in [-0.3, -0.25) is 4.79 Å². The quantitative estimate of drug-likeness (QED) is 0.722. The molecule has 1 amide bonds. The third-order valence-corrected chi connectivity index (χ3v) is 4.59. The zero-order valence-electron chi connectivity index (χ0n) is 14.4. The first-order valence-electron chi connectivity index (χ1n) is 7.94. The number of hydrogen-bond donors (Lipinski definition) is 1. The average molecular weight is 365 g/mol. The molecule has 0 radical (unpaired) electrons. The molecule has 0 spiro atoms. The van der Waals surface area contributed by atoms with Crippen LogP contribution in [0, 0.1) is 25.5 Å². The van der Waals surface area contributed by atoms with E-state index in [1.165, 1.54) is 11.8 Å². The van der Waals surface area contributed by atoms with Crippen LogP contribution < -0.4 is 10.1 Å². The fourth-order valence-electron chi connectivity index (χ4n) is 2.30. The molecule has 2 aromatic rings. The number of ether oxygens (including phenoxy) is 1. The van der Waals surface area contributed by atoms with Crippen molar-refractivity contribution in [3.63, 3.8) is 0 Å². The van der Waals surface area contributed by atoms with E-state index in [2.05, 4.69) is 11.4 Å². The summed E-state index contributed by atoms with van der Waals surface area (Å²) in [7, 11) is 0. The van der Waals surface area contributed by atoms with Gasteiger partial charge in [-0.15, -0.1) is 11.8 Å². The molecule has 0 bridgehead atoms. The monoisotopic (exact) mass is 365 g/mol. The van der Waals surface area contributed by atoms with E-state index in [-0.39, 0.29) is 11.6 Å². The van der Waals surface area contributed by atoms with Gasteiger partial charge >= 0.3 is 0 Å². The fraction of sp³-hybridized carbons (Fsp3) is 0.316. The van der Waals surface area contributed by atoms with Gasteiger partial charge in [0.25, 0.3) is 0 Å². The minimum atomic E-state index is -0.662. The number of aryl methyl sites for hydroxylation is 2. The first-order valence-corrected chi connectivity index (χ1v) is 8.98. The standard InChI is InChI=1S/C19H21F2NO2S/c1-12-8-13(2)10-16(9-12)24-6-7-25-14(3)19(23)22-18-11-15(20)4-5-17(18)21/h4-5,8-11,14H,6-7H2,1-3H3,(H,22,23). The van der Waals surface area contributed by atoms with Crippen LogP contribution in [0.4, 0.5) is 14.5 Å². The first kappa shape index (κ1) is 19.2. The second-order valence-electron chi connectivity index (χ2n) is 5.80. The Morgan fingerprint density at radius 3 is 2.52 bits per heavy atom. The Kier molecular flexibility index (Phi) is 6.82. The second kappa shape index (κ2) is 8.85. The lowest BCUT2D eigenvalue weighted by atomic mass is 10.1. The Bertz CT molecular complexity index is 732. The van der Waals surface area contributed by atoms with E-state index in [0.29, 0.717) is 12.4 Å². The molecule has 0 aliphatic heterocycles. The van der Waals surface area contributed by atoms with Gasteiger partial charge < -0.3 is 10.1 Å². The van der Waals surface area contributed by atoms with Crippen molar-refractivity contribution in [2.45, 2.75) is 26.0 Å². The molecule has 0 aromatic heterocycles. The van der Waals surface area contributed by atoms with E-state index in [1.54, 1.807) is 6.92 Å². The smallest absolute Gasteiger partial charge is 0.237 e. The highest BCUT2D eigenvalue weighted by Crippen LogP contribution is 2.19.